The molecule has 0 unspecified atom stereocenters. The van der Waals surface area contributed by atoms with Crippen LogP contribution in [0.3, 0.4) is 0 Å². The fourth-order valence-electron chi connectivity index (χ4n) is 3.03. The minimum absolute atomic E-state index is 0.155. The molecule has 23 heavy (non-hydrogen) atoms. The Bertz CT molecular complexity index is 697. The molecule has 0 saturated carbocycles. The smallest absolute Gasteiger partial charge is 0.297 e. The lowest BCUT2D eigenvalue weighted by Gasteiger charge is -2.27. The Labute approximate surface area is 137 Å². The Morgan fingerprint density at radius 3 is 3.04 bits per heavy atom. The minimum atomic E-state index is -0.785. The molecule has 1 aliphatic rings. The molecule has 126 valence electrons. The van der Waals surface area contributed by atoms with Crippen LogP contribution in [0.2, 0.25) is 0 Å². The number of rotatable bonds is 6. The summed E-state index contributed by atoms with van der Waals surface area (Å²) in [6.45, 7) is 4.46. The highest BCUT2D eigenvalue weighted by atomic mass is 32.1. The SMILES string of the molecule is Cc1ncsc1CN1C[C@@H](F)C[C@H]1CN(C)Cc1n[nH]c(=O)[nH]1. The second-order valence-corrected chi connectivity index (χ2v) is 7.04. The maximum atomic E-state index is 13.9. The number of H-pyrrole nitrogens is 2. The normalized spacial score (nSPS) is 22.3. The maximum absolute atomic E-state index is 13.9. The average Bonchev–Trinajstić information content (AvgIpc) is 3.15. The summed E-state index contributed by atoms with van der Waals surface area (Å²) in [5, 5.41) is 6.26. The number of nitrogens with zero attached hydrogens (tertiary/aromatic N) is 4. The third-order valence-corrected chi connectivity index (χ3v) is 5.08. The summed E-state index contributed by atoms with van der Waals surface area (Å²) >= 11 is 1.62. The van der Waals surface area contributed by atoms with E-state index in [0.717, 1.165) is 18.8 Å². The van der Waals surface area contributed by atoms with E-state index in [4.69, 9.17) is 0 Å². The number of alkyl halides is 1. The van der Waals surface area contributed by atoms with E-state index >= 15 is 0 Å². The molecule has 1 fully saturated rings. The number of hydrogen-bond donors (Lipinski definition) is 2. The van der Waals surface area contributed by atoms with Crippen molar-refractivity contribution in [3.63, 3.8) is 0 Å². The van der Waals surface area contributed by atoms with Crippen LogP contribution in [0.1, 0.15) is 22.8 Å². The van der Waals surface area contributed by atoms with Gasteiger partial charge >= 0.3 is 5.69 Å². The van der Waals surface area contributed by atoms with E-state index < -0.39 is 6.17 Å². The standard InChI is InChI=1S/C14H21FN6OS/c1-9-12(23-8-16-9)6-21-4-10(15)3-11(21)5-20(2)7-13-17-14(22)19-18-13/h8,10-11H,3-7H2,1-2H3,(H2,17,18,19,22)/t10-,11-/m0/s1. The molecule has 0 aliphatic carbocycles. The van der Waals surface area contributed by atoms with E-state index in [1.54, 1.807) is 11.3 Å². The number of hydrogen-bond acceptors (Lipinski definition) is 6. The second kappa shape index (κ2) is 6.90. The topological polar surface area (TPSA) is 80.9 Å². The molecule has 7 nitrogen and oxygen atoms in total. The van der Waals surface area contributed by atoms with Gasteiger partial charge in [-0.3, -0.25) is 14.8 Å². The molecule has 9 heteroatoms. The molecule has 0 amide bonds. The summed E-state index contributed by atoms with van der Waals surface area (Å²) in [5.41, 5.74) is 2.56. The Hall–Kier alpha value is -1.58. The van der Waals surface area contributed by atoms with Crippen LogP contribution >= 0.6 is 11.3 Å². The van der Waals surface area contributed by atoms with Gasteiger partial charge in [0.15, 0.2) is 0 Å². The van der Waals surface area contributed by atoms with Crippen LogP contribution in [0.5, 0.6) is 0 Å². The first kappa shape index (κ1) is 16.3. The summed E-state index contributed by atoms with van der Waals surface area (Å²) in [6, 6.07) is 0.155. The molecule has 3 rings (SSSR count). The molecule has 2 atom stereocenters. The van der Waals surface area contributed by atoms with Gasteiger partial charge in [-0.05, 0) is 20.4 Å². The third-order valence-electron chi connectivity index (χ3n) is 4.16. The lowest BCUT2D eigenvalue weighted by Crippen LogP contribution is -2.38. The van der Waals surface area contributed by atoms with E-state index in [-0.39, 0.29) is 11.7 Å². The molecule has 2 N–H and O–H groups in total. The molecular formula is C14H21FN6OS. The number of likely N-dealkylation sites (N-methyl/N-ethyl adjacent to an activating group) is 1. The minimum Gasteiger partial charge on any atom is -0.297 e. The number of aryl methyl sites for hydroxylation is 1. The van der Waals surface area contributed by atoms with E-state index in [1.165, 1.54) is 4.88 Å². The van der Waals surface area contributed by atoms with Crippen LogP contribution < -0.4 is 5.69 Å². The molecule has 1 saturated heterocycles. The Morgan fingerprint density at radius 1 is 1.57 bits per heavy atom. The van der Waals surface area contributed by atoms with Crippen molar-refractivity contribution >= 4 is 11.3 Å². The predicted molar refractivity (Wildman–Crippen MR) is 86.1 cm³/mol. The quantitative estimate of drug-likeness (QED) is 0.817. The lowest BCUT2D eigenvalue weighted by molar-refractivity contribution is 0.179. The molecular weight excluding hydrogens is 319 g/mol. The van der Waals surface area contributed by atoms with Crippen molar-refractivity contribution in [2.45, 2.75) is 38.6 Å². The van der Waals surface area contributed by atoms with Crippen LogP contribution in [-0.2, 0) is 13.1 Å². The molecule has 0 bridgehead atoms. The lowest BCUT2D eigenvalue weighted by atomic mass is 10.2. The van der Waals surface area contributed by atoms with Crippen molar-refractivity contribution in [2.24, 2.45) is 0 Å². The van der Waals surface area contributed by atoms with E-state index in [2.05, 4.69) is 30.0 Å². The second-order valence-electron chi connectivity index (χ2n) is 6.10. The zero-order chi connectivity index (χ0) is 16.4. The van der Waals surface area contributed by atoms with E-state index in [9.17, 15) is 9.18 Å². The van der Waals surface area contributed by atoms with Gasteiger partial charge in [0.2, 0.25) is 0 Å². The van der Waals surface area contributed by atoms with Gasteiger partial charge in [0.05, 0.1) is 17.7 Å². The first-order chi connectivity index (χ1) is 11.0. The van der Waals surface area contributed by atoms with Crippen molar-refractivity contribution < 1.29 is 4.39 Å². The molecule has 2 aromatic rings. The van der Waals surface area contributed by atoms with Crippen LogP contribution in [0.25, 0.3) is 0 Å². The first-order valence-electron chi connectivity index (χ1n) is 7.60. The Kier molecular flexibility index (Phi) is 4.88. The first-order valence-corrected chi connectivity index (χ1v) is 8.48. The van der Waals surface area contributed by atoms with Gasteiger partial charge in [-0.15, -0.1) is 11.3 Å². The van der Waals surface area contributed by atoms with Gasteiger partial charge in [0.1, 0.15) is 12.0 Å². The largest absolute Gasteiger partial charge is 0.340 e. The number of likely N-dealkylation sites (tertiary alicyclic amines) is 1. The van der Waals surface area contributed by atoms with Gasteiger partial charge < -0.3 is 0 Å². The third kappa shape index (κ3) is 4.04. The summed E-state index contributed by atoms with van der Waals surface area (Å²) in [7, 11) is 1.95. The molecule has 2 aromatic heterocycles. The van der Waals surface area contributed by atoms with Gasteiger partial charge in [-0.2, -0.15) is 5.10 Å². The highest BCUT2D eigenvalue weighted by molar-refractivity contribution is 7.09. The van der Waals surface area contributed by atoms with E-state index in [1.807, 2.05) is 19.5 Å². The van der Waals surface area contributed by atoms with Crippen molar-refractivity contribution in [2.75, 3.05) is 20.1 Å². The fraction of sp³-hybridized carbons (Fsp3) is 0.643. The Morgan fingerprint density at radius 2 is 2.39 bits per heavy atom. The molecule has 3 heterocycles. The highest BCUT2D eigenvalue weighted by Crippen LogP contribution is 2.25. The molecule has 0 radical (unpaired) electrons. The van der Waals surface area contributed by atoms with Crippen LogP contribution in [0.4, 0.5) is 4.39 Å². The Balaban J connectivity index is 1.60. The predicted octanol–water partition coefficient (Wildman–Crippen LogP) is 0.907. The highest BCUT2D eigenvalue weighted by Gasteiger charge is 2.33. The number of thiazole rings is 1. The average molecular weight is 340 g/mol. The fourth-order valence-corrected chi connectivity index (χ4v) is 3.83. The number of halogens is 1. The number of nitrogens with one attached hydrogen (secondary N) is 2. The van der Waals surface area contributed by atoms with Crippen molar-refractivity contribution in [3.8, 4) is 0 Å². The summed E-state index contributed by atoms with van der Waals surface area (Å²) in [4.78, 5) is 23.4. The zero-order valence-corrected chi connectivity index (χ0v) is 14.1. The van der Waals surface area contributed by atoms with Gasteiger partial charge in [-0.1, -0.05) is 0 Å². The maximum Gasteiger partial charge on any atom is 0.340 e. The number of aromatic nitrogens is 4. The molecule has 1 aliphatic heterocycles. The van der Waals surface area contributed by atoms with E-state index in [0.29, 0.717) is 25.3 Å². The van der Waals surface area contributed by atoms with Gasteiger partial charge in [-0.25, -0.2) is 19.3 Å². The van der Waals surface area contributed by atoms with Gasteiger partial charge in [0, 0.05) is 30.6 Å². The van der Waals surface area contributed by atoms with Crippen LogP contribution in [0.15, 0.2) is 10.3 Å². The number of aromatic amines is 2. The van der Waals surface area contributed by atoms with Crippen LogP contribution in [0, 0.1) is 6.92 Å². The van der Waals surface area contributed by atoms with Crippen molar-refractivity contribution in [3.05, 3.63) is 32.4 Å². The summed E-state index contributed by atoms with van der Waals surface area (Å²) in [6.07, 6.45) is -0.244. The monoisotopic (exact) mass is 340 g/mol. The van der Waals surface area contributed by atoms with Crippen LogP contribution in [-0.4, -0.2) is 62.3 Å². The van der Waals surface area contributed by atoms with Gasteiger partial charge in [0.25, 0.3) is 0 Å². The zero-order valence-electron chi connectivity index (χ0n) is 13.3. The van der Waals surface area contributed by atoms with Crippen molar-refractivity contribution in [1.82, 2.24) is 30.0 Å². The molecule has 0 aromatic carbocycles. The summed E-state index contributed by atoms with van der Waals surface area (Å²) < 4.78 is 13.9. The molecule has 0 spiro atoms. The van der Waals surface area contributed by atoms with Crippen molar-refractivity contribution in [1.29, 1.82) is 0 Å². The summed E-state index contributed by atoms with van der Waals surface area (Å²) in [5.74, 6) is 0.595.